The lowest BCUT2D eigenvalue weighted by molar-refractivity contribution is -0.137. The second-order valence-electron chi connectivity index (χ2n) is 7.42. The highest BCUT2D eigenvalue weighted by molar-refractivity contribution is 7.89. The Morgan fingerprint density at radius 3 is 2.16 bits per heavy atom. The molecule has 0 atom stereocenters. The maximum Gasteiger partial charge on any atom is 0.416 e. The van der Waals surface area contributed by atoms with Gasteiger partial charge in [-0.05, 0) is 43.2 Å². The molecule has 1 aliphatic heterocycles. The van der Waals surface area contributed by atoms with Crippen LogP contribution in [0.5, 0.6) is 0 Å². The van der Waals surface area contributed by atoms with Crippen LogP contribution in [0.4, 0.5) is 24.5 Å². The average molecular weight is 469 g/mol. The first kappa shape index (κ1) is 23.7. The lowest BCUT2D eigenvalue weighted by Crippen LogP contribution is -2.41. The maximum absolute atomic E-state index is 13.1. The molecule has 0 spiro atoms. The van der Waals surface area contributed by atoms with Gasteiger partial charge >= 0.3 is 6.18 Å². The number of carbonyl (C=O) groups excluding carboxylic acids is 2. The normalized spacial score (nSPS) is 15.9. The Morgan fingerprint density at radius 2 is 1.59 bits per heavy atom. The third kappa shape index (κ3) is 5.46. The van der Waals surface area contributed by atoms with Crippen molar-refractivity contribution in [3.05, 3.63) is 54.1 Å². The van der Waals surface area contributed by atoms with Crippen LogP contribution >= 0.6 is 0 Å². The molecule has 0 bridgehead atoms. The van der Waals surface area contributed by atoms with E-state index in [2.05, 4.69) is 10.6 Å². The van der Waals surface area contributed by atoms with Crippen LogP contribution in [0.1, 0.15) is 25.3 Å². The van der Waals surface area contributed by atoms with Gasteiger partial charge in [-0.3, -0.25) is 9.59 Å². The number of rotatable bonds is 5. The molecule has 2 aromatic rings. The van der Waals surface area contributed by atoms with Gasteiger partial charge in [0.1, 0.15) is 0 Å². The summed E-state index contributed by atoms with van der Waals surface area (Å²) < 4.78 is 66.0. The highest BCUT2D eigenvalue weighted by atomic mass is 32.2. The molecule has 1 aliphatic rings. The molecule has 2 N–H and O–H groups in total. The van der Waals surface area contributed by atoms with Crippen LogP contribution in [0.15, 0.2) is 53.4 Å². The number of amides is 2. The van der Waals surface area contributed by atoms with Crippen molar-refractivity contribution in [2.24, 2.45) is 5.92 Å². The molecule has 32 heavy (non-hydrogen) atoms. The van der Waals surface area contributed by atoms with Crippen molar-refractivity contribution in [1.82, 2.24) is 4.31 Å². The molecule has 172 valence electrons. The van der Waals surface area contributed by atoms with Crippen molar-refractivity contribution in [3.8, 4) is 0 Å². The SMILES string of the molecule is CC(=O)Nc1ccc(C(F)(F)F)cc1NC(=O)C1CCN(S(=O)(=O)c2ccccc2)CC1. The summed E-state index contributed by atoms with van der Waals surface area (Å²) in [5.41, 5.74) is -1.09. The van der Waals surface area contributed by atoms with Gasteiger partial charge in [0.15, 0.2) is 0 Å². The summed E-state index contributed by atoms with van der Waals surface area (Å²) in [4.78, 5) is 24.3. The van der Waals surface area contributed by atoms with Crippen LogP contribution in [0.3, 0.4) is 0 Å². The smallest absolute Gasteiger partial charge is 0.325 e. The molecule has 7 nitrogen and oxygen atoms in total. The topological polar surface area (TPSA) is 95.6 Å². The van der Waals surface area contributed by atoms with Gasteiger partial charge < -0.3 is 10.6 Å². The van der Waals surface area contributed by atoms with Crippen molar-refractivity contribution >= 4 is 33.2 Å². The number of halogens is 3. The monoisotopic (exact) mass is 469 g/mol. The van der Waals surface area contributed by atoms with Crippen molar-refractivity contribution < 1.29 is 31.2 Å². The van der Waals surface area contributed by atoms with E-state index in [1.165, 1.54) is 23.4 Å². The number of piperidine rings is 1. The number of alkyl halides is 3. The largest absolute Gasteiger partial charge is 0.416 e. The number of anilines is 2. The molecule has 1 heterocycles. The van der Waals surface area contributed by atoms with E-state index in [0.29, 0.717) is 0 Å². The third-order valence-corrected chi connectivity index (χ3v) is 7.03. The van der Waals surface area contributed by atoms with Gasteiger partial charge in [-0.15, -0.1) is 0 Å². The van der Waals surface area contributed by atoms with Gasteiger partial charge in [0.2, 0.25) is 21.8 Å². The Balaban J connectivity index is 1.71. The lowest BCUT2D eigenvalue weighted by atomic mass is 9.97. The van der Waals surface area contributed by atoms with Crippen LogP contribution in [0.2, 0.25) is 0 Å². The molecular weight excluding hydrogens is 447 g/mol. The summed E-state index contributed by atoms with van der Waals surface area (Å²) >= 11 is 0. The first-order chi connectivity index (χ1) is 15.0. The number of nitrogens with one attached hydrogen (secondary N) is 2. The molecule has 1 saturated heterocycles. The zero-order chi connectivity index (χ0) is 23.5. The van der Waals surface area contributed by atoms with E-state index in [0.717, 1.165) is 18.2 Å². The molecule has 0 aromatic heterocycles. The Labute approximate surface area is 183 Å². The summed E-state index contributed by atoms with van der Waals surface area (Å²) in [5.74, 6) is -1.62. The van der Waals surface area contributed by atoms with Crippen LogP contribution in [-0.4, -0.2) is 37.6 Å². The highest BCUT2D eigenvalue weighted by Gasteiger charge is 2.34. The van der Waals surface area contributed by atoms with Crippen molar-refractivity contribution in [2.75, 3.05) is 23.7 Å². The molecular formula is C21H22F3N3O4S. The number of sulfonamides is 1. The lowest BCUT2D eigenvalue weighted by Gasteiger charge is -2.30. The van der Waals surface area contributed by atoms with E-state index in [4.69, 9.17) is 0 Å². The molecule has 0 saturated carbocycles. The highest BCUT2D eigenvalue weighted by Crippen LogP contribution is 2.35. The summed E-state index contributed by atoms with van der Waals surface area (Å²) in [6.45, 7) is 1.42. The number of hydrogen-bond acceptors (Lipinski definition) is 4. The van der Waals surface area contributed by atoms with E-state index >= 15 is 0 Å². The van der Waals surface area contributed by atoms with Gasteiger partial charge in [0, 0.05) is 25.9 Å². The number of nitrogens with zero attached hydrogens (tertiary/aromatic N) is 1. The Kier molecular flexibility index (Phi) is 6.89. The minimum atomic E-state index is -4.62. The molecule has 2 aromatic carbocycles. The van der Waals surface area contributed by atoms with Gasteiger partial charge in [-0.2, -0.15) is 17.5 Å². The fraction of sp³-hybridized carbons (Fsp3) is 0.333. The van der Waals surface area contributed by atoms with Gasteiger partial charge in [0.25, 0.3) is 0 Å². The van der Waals surface area contributed by atoms with E-state index in [9.17, 15) is 31.2 Å². The summed E-state index contributed by atoms with van der Waals surface area (Å²) in [6, 6.07) is 10.6. The minimum absolute atomic E-state index is 0.0444. The molecule has 11 heteroatoms. The van der Waals surface area contributed by atoms with Crippen LogP contribution < -0.4 is 10.6 Å². The van der Waals surface area contributed by atoms with E-state index < -0.39 is 39.5 Å². The molecule has 0 aliphatic carbocycles. The minimum Gasteiger partial charge on any atom is -0.325 e. The molecule has 0 radical (unpaired) electrons. The van der Waals surface area contributed by atoms with E-state index in [1.807, 2.05) is 0 Å². The van der Waals surface area contributed by atoms with Crippen LogP contribution in [0.25, 0.3) is 0 Å². The Morgan fingerprint density at radius 1 is 0.969 bits per heavy atom. The second kappa shape index (κ2) is 9.29. The van der Waals surface area contributed by atoms with E-state index in [-0.39, 0.29) is 42.2 Å². The number of carbonyl (C=O) groups is 2. The quantitative estimate of drug-likeness (QED) is 0.698. The molecule has 1 fully saturated rings. The fourth-order valence-corrected chi connectivity index (χ4v) is 4.95. The molecule has 0 unspecified atom stereocenters. The fourth-order valence-electron chi connectivity index (χ4n) is 3.46. The zero-order valence-electron chi connectivity index (χ0n) is 17.1. The van der Waals surface area contributed by atoms with Crippen molar-refractivity contribution in [2.45, 2.75) is 30.8 Å². The predicted molar refractivity (Wildman–Crippen MR) is 112 cm³/mol. The van der Waals surface area contributed by atoms with Crippen LogP contribution in [0, 0.1) is 5.92 Å². The number of benzene rings is 2. The number of hydrogen-bond donors (Lipinski definition) is 2. The Hall–Kier alpha value is -2.92. The maximum atomic E-state index is 13.1. The average Bonchev–Trinajstić information content (AvgIpc) is 2.74. The summed E-state index contributed by atoms with van der Waals surface area (Å²) in [6.07, 6.45) is -4.19. The summed E-state index contributed by atoms with van der Waals surface area (Å²) in [7, 11) is -3.68. The summed E-state index contributed by atoms with van der Waals surface area (Å²) in [5, 5.41) is 4.86. The van der Waals surface area contributed by atoms with Gasteiger partial charge in [-0.1, -0.05) is 18.2 Å². The standard InChI is InChI=1S/C21H22F3N3O4S/c1-14(28)25-18-8-7-16(21(22,23)24)13-19(18)26-20(29)15-9-11-27(12-10-15)32(30,31)17-5-3-2-4-6-17/h2-8,13,15H,9-12H2,1H3,(H,25,28)(H,26,29). The third-order valence-electron chi connectivity index (χ3n) is 5.12. The van der Waals surface area contributed by atoms with E-state index in [1.54, 1.807) is 18.2 Å². The van der Waals surface area contributed by atoms with Gasteiger partial charge in [0.05, 0.1) is 21.8 Å². The van der Waals surface area contributed by atoms with Gasteiger partial charge in [-0.25, -0.2) is 8.42 Å². The molecule has 3 rings (SSSR count). The second-order valence-corrected chi connectivity index (χ2v) is 9.36. The predicted octanol–water partition coefficient (Wildman–Crippen LogP) is 3.70. The first-order valence-electron chi connectivity index (χ1n) is 9.83. The zero-order valence-corrected chi connectivity index (χ0v) is 18.0. The Bertz CT molecular complexity index is 1100. The van der Waals surface area contributed by atoms with Crippen LogP contribution in [-0.2, 0) is 25.8 Å². The van der Waals surface area contributed by atoms with Crippen molar-refractivity contribution in [1.29, 1.82) is 0 Å². The van der Waals surface area contributed by atoms with Crippen molar-refractivity contribution in [3.63, 3.8) is 0 Å². The molecule has 2 amide bonds. The first-order valence-corrected chi connectivity index (χ1v) is 11.3.